The summed E-state index contributed by atoms with van der Waals surface area (Å²) in [7, 11) is 0. The summed E-state index contributed by atoms with van der Waals surface area (Å²) in [6.45, 7) is 11.6. The van der Waals surface area contributed by atoms with E-state index < -0.39 is 0 Å². The molecule has 0 fully saturated rings. The predicted molar refractivity (Wildman–Crippen MR) is 90.5 cm³/mol. The molecule has 1 heterocycles. The van der Waals surface area contributed by atoms with Crippen molar-refractivity contribution >= 4 is 17.3 Å². The van der Waals surface area contributed by atoms with Crippen LogP contribution < -0.4 is 10.6 Å². The lowest BCUT2D eigenvalue weighted by molar-refractivity contribution is -0.114. The quantitative estimate of drug-likeness (QED) is 0.896. The first-order valence-electron chi connectivity index (χ1n) is 7.65. The largest absolute Gasteiger partial charge is 0.374 e. The lowest BCUT2D eigenvalue weighted by Gasteiger charge is -2.14. The molecule has 2 aromatic rings. The number of benzene rings is 1. The molecule has 124 valence electrons. The van der Waals surface area contributed by atoms with Gasteiger partial charge in [-0.2, -0.15) is 4.98 Å². The Bertz CT molecular complexity index is 701. The summed E-state index contributed by atoms with van der Waals surface area (Å²) in [5.41, 5.74) is 2.58. The van der Waals surface area contributed by atoms with E-state index in [2.05, 4.69) is 20.8 Å². The van der Waals surface area contributed by atoms with Gasteiger partial charge in [0, 0.05) is 23.7 Å². The number of hydrogen-bond donors (Lipinski definition) is 2. The molecule has 1 amide bonds. The summed E-state index contributed by atoms with van der Waals surface area (Å²) >= 11 is 0. The topological polar surface area (TPSA) is 80.0 Å². The van der Waals surface area contributed by atoms with Crippen LogP contribution in [0, 0.1) is 6.92 Å². The lowest BCUT2D eigenvalue weighted by Crippen LogP contribution is -2.14. The number of aryl methyl sites for hydroxylation is 1. The molecule has 23 heavy (non-hydrogen) atoms. The van der Waals surface area contributed by atoms with Gasteiger partial charge in [-0.25, -0.2) is 0 Å². The zero-order valence-corrected chi connectivity index (χ0v) is 14.5. The standard InChI is InChI=1S/C17H24N4O2/c1-10-9-13(7-8-14(10)19-12(3)22)18-11(2)15-20-16(21-23-15)17(4,5)6/h7-9,11,18H,1-6H3,(H,19,22). The van der Waals surface area contributed by atoms with Crippen LogP contribution in [0.1, 0.15) is 57.9 Å². The van der Waals surface area contributed by atoms with E-state index in [0.29, 0.717) is 11.7 Å². The molecule has 1 unspecified atom stereocenters. The van der Waals surface area contributed by atoms with Crippen molar-refractivity contribution < 1.29 is 9.32 Å². The third-order valence-corrected chi connectivity index (χ3v) is 3.40. The fraction of sp³-hybridized carbons (Fsp3) is 0.471. The molecule has 6 heteroatoms. The molecule has 0 aliphatic rings. The molecule has 0 aliphatic heterocycles. The van der Waals surface area contributed by atoms with Gasteiger partial charge in [-0.1, -0.05) is 25.9 Å². The Balaban J connectivity index is 2.11. The van der Waals surface area contributed by atoms with Crippen LogP contribution in [0.15, 0.2) is 22.7 Å². The second-order valence-corrected chi connectivity index (χ2v) is 6.78. The Morgan fingerprint density at radius 3 is 2.52 bits per heavy atom. The number of carbonyl (C=O) groups is 1. The van der Waals surface area contributed by atoms with Gasteiger partial charge in [-0.3, -0.25) is 4.79 Å². The van der Waals surface area contributed by atoms with Crippen molar-refractivity contribution in [1.29, 1.82) is 0 Å². The first-order chi connectivity index (χ1) is 10.7. The Hall–Kier alpha value is -2.37. The maximum Gasteiger partial charge on any atom is 0.248 e. The minimum atomic E-state index is -0.141. The molecule has 0 saturated heterocycles. The molecule has 1 aromatic carbocycles. The molecule has 0 spiro atoms. The van der Waals surface area contributed by atoms with Crippen molar-refractivity contribution in [3.63, 3.8) is 0 Å². The third-order valence-electron chi connectivity index (χ3n) is 3.40. The van der Waals surface area contributed by atoms with Gasteiger partial charge >= 0.3 is 0 Å². The minimum Gasteiger partial charge on any atom is -0.374 e. The van der Waals surface area contributed by atoms with Gasteiger partial charge in [-0.15, -0.1) is 0 Å². The summed E-state index contributed by atoms with van der Waals surface area (Å²) in [5.74, 6) is 1.17. The Labute approximate surface area is 136 Å². The second kappa shape index (κ2) is 6.40. The van der Waals surface area contributed by atoms with Gasteiger partial charge in [0.25, 0.3) is 0 Å². The van der Waals surface area contributed by atoms with Crippen LogP contribution >= 0.6 is 0 Å². The van der Waals surface area contributed by atoms with Crippen LogP contribution in [0.4, 0.5) is 11.4 Å². The molecule has 0 aliphatic carbocycles. The highest BCUT2D eigenvalue weighted by atomic mass is 16.5. The molecule has 6 nitrogen and oxygen atoms in total. The first kappa shape index (κ1) is 17.0. The van der Waals surface area contributed by atoms with Gasteiger partial charge in [0.05, 0.1) is 0 Å². The van der Waals surface area contributed by atoms with E-state index in [0.717, 1.165) is 16.9 Å². The SMILES string of the molecule is CC(=O)Nc1ccc(NC(C)c2nc(C(C)(C)C)no2)cc1C. The molecular weight excluding hydrogens is 292 g/mol. The maximum absolute atomic E-state index is 11.1. The highest BCUT2D eigenvalue weighted by Crippen LogP contribution is 2.25. The Morgan fingerprint density at radius 2 is 2.00 bits per heavy atom. The van der Waals surface area contributed by atoms with Gasteiger partial charge in [0.1, 0.15) is 6.04 Å². The van der Waals surface area contributed by atoms with Crippen LogP contribution in [0.3, 0.4) is 0 Å². The Morgan fingerprint density at radius 1 is 1.30 bits per heavy atom. The second-order valence-electron chi connectivity index (χ2n) is 6.78. The van der Waals surface area contributed by atoms with E-state index in [1.165, 1.54) is 6.92 Å². The third kappa shape index (κ3) is 4.31. The van der Waals surface area contributed by atoms with E-state index in [4.69, 9.17) is 4.52 Å². The maximum atomic E-state index is 11.1. The lowest BCUT2D eigenvalue weighted by atomic mass is 9.96. The van der Waals surface area contributed by atoms with E-state index in [9.17, 15) is 4.79 Å². The van der Waals surface area contributed by atoms with Crippen molar-refractivity contribution in [2.75, 3.05) is 10.6 Å². The average Bonchev–Trinajstić information content (AvgIpc) is 2.91. The van der Waals surface area contributed by atoms with Crippen molar-refractivity contribution in [2.45, 2.75) is 53.0 Å². The molecule has 1 aromatic heterocycles. The minimum absolute atomic E-state index is 0.0808. The molecule has 2 N–H and O–H groups in total. The molecular formula is C17H24N4O2. The number of amides is 1. The van der Waals surface area contributed by atoms with E-state index in [1.54, 1.807) is 0 Å². The highest BCUT2D eigenvalue weighted by molar-refractivity contribution is 5.89. The Kier molecular flexibility index (Phi) is 4.73. The molecule has 2 rings (SSSR count). The van der Waals surface area contributed by atoms with E-state index in [1.807, 2.05) is 52.8 Å². The summed E-state index contributed by atoms with van der Waals surface area (Å²) in [5, 5.41) is 10.2. The van der Waals surface area contributed by atoms with Gasteiger partial charge < -0.3 is 15.2 Å². The van der Waals surface area contributed by atoms with Crippen LogP contribution in [-0.4, -0.2) is 16.0 Å². The normalized spacial score (nSPS) is 12.8. The van der Waals surface area contributed by atoms with Crippen molar-refractivity contribution in [2.24, 2.45) is 0 Å². The van der Waals surface area contributed by atoms with Gasteiger partial charge in [0.2, 0.25) is 11.8 Å². The molecule has 1 atom stereocenters. The molecule has 0 saturated carbocycles. The number of nitrogens with zero attached hydrogens (tertiary/aromatic N) is 2. The number of aromatic nitrogens is 2. The van der Waals surface area contributed by atoms with Crippen LogP contribution in [0.25, 0.3) is 0 Å². The number of nitrogens with one attached hydrogen (secondary N) is 2. The fourth-order valence-corrected chi connectivity index (χ4v) is 2.11. The van der Waals surface area contributed by atoms with Gasteiger partial charge in [0.15, 0.2) is 5.82 Å². The number of anilines is 2. The van der Waals surface area contributed by atoms with Crippen molar-refractivity contribution in [1.82, 2.24) is 10.1 Å². The number of hydrogen-bond acceptors (Lipinski definition) is 5. The highest BCUT2D eigenvalue weighted by Gasteiger charge is 2.23. The van der Waals surface area contributed by atoms with Crippen molar-refractivity contribution in [3.8, 4) is 0 Å². The summed E-state index contributed by atoms with van der Waals surface area (Å²) < 4.78 is 5.35. The first-order valence-corrected chi connectivity index (χ1v) is 7.65. The molecule has 0 radical (unpaired) electrons. The number of carbonyl (C=O) groups excluding carboxylic acids is 1. The summed E-state index contributed by atoms with van der Waals surface area (Å²) in [6, 6.07) is 5.66. The van der Waals surface area contributed by atoms with Crippen LogP contribution in [0.5, 0.6) is 0 Å². The van der Waals surface area contributed by atoms with Gasteiger partial charge in [-0.05, 0) is 37.6 Å². The number of rotatable bonds is 4. The fourth-order valence-electron chi connectivity index (χ4n) is 2.11. The predicted octanol–water partition coefficient (Wildman–Crippen LogP) is 3.81. The van der Waals surface area contributed by atoms with Crippen molar-refractivity contribution in [3.05, 3.63) is 35.5 Å². The zero-order chi connectivity index (χ0) is 17.2. The van der Waals surface area contributed by atoms with E-state index >= 15 is 0 Å². The van der Waals surface area contributed by atoms with Crippen LogP contribution in [-0.2, 0) is 10.2 Å². The van der Waals surface area contributed by atoms with Crippen LogP contribution in [0.2, 0.25) is 0 Å². The summed E-state index contributed by atoms with van der Waals surface area (Å²) in [4.78, 5) is 15.6. The smallest absolute Gasteiger partial charge is 0.248 e. The van der Waals surface area contributed by atoms with E-state index in [-0.39, 0.29) is 17.4 Å². The average molecular weight is 316 g/mol. The zero-order valence-electron chi connectivity index (χ0n) is 14.5. The summed E-state index contributed by atoms with van der Waals surface area (Å²) in [6.07, 6.45) is 0. The molecule has 0 bridgehead atoms. The monoisotopic (exact) mass is 316 g/mol.